The molecule has 2 atom stereocenters. The number of sulfonamides is 1. The van der Waals surface area contributed by atoms with Gasteiger partial charge in [-0.1, -0.05) is 6.92 Å². The number of carbonyl (C=O) groups excluding carboxylic acids is 1. The summed E-state index contributed by atoms with van der Waals surface area (Å²) in [7, 11) is -2.11. The van der Waals surface area contributed by atoms with Gasteiger partial charge in [0.2, 0.25) is 10.0 Å². The molecule has 2 fully saturated rings. The fraction of sp³-hybridized carbons (Fsp3) is 0.889. The third-order valence-electron chi connectivity index (χ3n) is 3.37. The van der Waals surface area contributed by atoms with Gasteiger partial charge in [-0.2, -0.15) is 0 Å². The highest BCUT2D eigenvalue weighted by molar-refractivity contribution is 7.90. The molecule has 2 aliphatic carbocycles. The van der Waals surface area contributed by atoms with Gasteiger partial charge in [0.15, 0.2) is 0 Å². The van der Waals surface area contributed by atoms with Crippen LogP contribution in [-0.4, -0.2) is 36.5 Å². The number of likely N-dealkylation sites (N-methyl/N-ethyl adjacent to an activating group) is 1. The molecular formula is C9H16N2O3S. The van der Waals surface area contributed by atoms with Crippen LogP contribution in [0.5, 0.6) is 0 Å². The van der Waals surface area contributed by atoms with Crippen LogP contribution < -0.4 is 5.73 Å². The number of carbonyl (C=O) groups is 1. The standard InChI is InChI=1S/C9H16N2O3S/c1-6-5-9(6,10)8(12)11(2)15(13,14)7-3-4-7/h6-7H,3-5,10H2,1-2H3/t6-,9-/m1/s1. The Balaban J connectivity index is 2.15. The van der Waals surface area contributed by atoms with Crippen molar-refractivity contribution in [1.82, 2.24) is 4.31 Å². The van der Waals surface area contributed by atoms with Gasteiger partial charge in [0.1, 0.15) is 0 Å². The minimum atomic E-state index is -3.43. The van der Waals surface area contributed by atoms with Crippen LogP contribution in [-0.2, 0) is 14.8 Å². The molecule has 2 N–H and O–H groups in total. The summed E-state index contributed by atoms with van der Waals surface area (Å²) in [6, 6.07) is 0. The lowest BCUT2D eigenvalue weighted by Crippen LogP contribution is -2.48. The molecule has 0 saturated heterocycles. The smallest absolute Gasteiger partial charge is 0.256 e. The second-order valence-electron chi connectivity index (χ2n) is 4.66. The van der Waals surface area contributed by atoms with Crippen molar-refractivity contribution in [3.63, 3.8) is 0 Å². The van der Waals surface area contributed by atoms with E-state index in [-0.39, 0.29) is 11.2 Å². The lowest BCUT2D eigenvalue weighted by atomic mass is 10.2. The van der Waals surface area contributed by atoms with Crippen molar-refractivity contribution in [2.24, 2.45) is 11.7 Å². The summed E-state index contributed by atoms with van der Waals surface area (Å²) in [6.45, 7) is 1.86. The summed E-state index contributed by atoms with van der Waals surface area (Å²) in [4.78, 5) is 11.8. The molecule has 0 bridgehead atoms. The number of hydrogen-bond acceptors (Lipinski definition) is 4. The maximum Gasteiger partial charge on any atom is 0.256 e. The molecular weight excluding hydrogens is 216 g/mol. The quantitative estimate of drug-likeness (QED) is 0.722. The minimum Gasteiger partial charge on any atom is -0.317 e. The highest BCUT2D eigenvalue weighted by atomic mass is 32.2. The van der Waals surface area contributed by atoms with E-state index in [9.17, 15) is 13.2 Å². The molecule has 0 aliphatic heterocycles. The molecule has 1 amide bonds. The van der Waals surface area contributed by atoms with E-state index >= 15 is 0 Å². The Kier molecular flexibility index (Phi) is 2.14. The first-order valence-electron chi connectivity index (χ1n) is 5.11. The molecule has 2 aliphatic rings. The van der Waals surface area contributed by atoms with Crippen LogP contribution in [0.1, 0.15) is 26.2 Å². The predicted octanol–water partition coefficient (Wildman–Crippen LogP) is -0.326. The molecule has 0 aromatic carbocycles. The van der Waals surface area contributed by atoms with Crippen molar-refractivity contribution >= 4 is 15.9 Å². The Morgan fingerprint density at radius 2 is 1.93 bits per heavy atom. The van der Waals surface area contributed by atoms with Gasteiger partial charge in [-0.05, 0) is 25.2 Å². The first kappa shape index (κ1) is 10.9. The number of amides is 1. The molecule has 2 saturated carbocycles. The van der Waals surface area contributed by atoms with E-state index in [1.165, 1.54) is 7.05 Å². The van der Waals surface area contributed by atoms with E-state index in [0.29, 0.717) is 19.3 Å². The van der Waals surface area contributed by atoms with Gasteiger partial charge in [0, 0.05) is 7.05 Å². The highest BCUT2D eigenvalue weighted by Crippen LogP contribution is 2.43. The van der Waals surface area contributed by atoms with E-state index in [4.69, 9.17) is 5.73 Å². The molecule has 0 aromatic heterocycles. The summed E-state index contributed by atoms with van der Waals surface area (Å²) in [6.07, 6.45) is 1.90. The first-order valence-corrected chi connectivity index (χ1v) is 6.61. The monoisotopic (exact) mass is 232 g/mol. The maximum atomic E-state index is 11.8. The topological polar surface area (TPSA) is 80.5 Å². The number of rotatable bonds is 3. The summed E-state index contributed by atoms with van der Waals surface area (Å²) >= 11 is 0. The van der Waals surface area contributed by atoms with Crippen molar-refractivity contribution < 1.29 is 13.2 Å². The summed E-state index contributed by atoms with van der Waals surface area (Å²) < 4.78 is 24.4. The third kappa shape index (κ3) is 1.56. The number of hydrogen-bond donors (Lipinski definition) is 1. The predicted molar refractivity (Wildman–Crippen MR) is 55.4 cm³/mol. The number of nitrogens with two attached hydrogens (primary N) is 1. The van der Waals surface area contributed by atoms with Crippen molar-refractivity contribution in [1.29, 1.82) is 0 Å². The van der Waals surface area contributed by atoms with Crippen LogP contribution >= 0.6 is 0 Å². The van der Waals surface area contributed by atoms with Gasteiger partial charge >= 0.3 is 0 Å². The second-order valence-corrected chi connectivity index (χ2v) is 6.91. The average Bonchev–Trinajstić information content (AvgIpc) is 3.02. The van der Waals surface area contributed by atoms with Crippen molar-refractivity contribution in [3.05, 3.63) is 0 Å². The van der Waals surface area contributed by atoms with Crippen LogP contribution in [0.3, 0.4) is 0 Å². The molecule has 86 valence electrons. The molecule has 6 heteroatoms. The first-order chi connectivity index (χ1) is 6.80. The largest absolute Gasteiger partial charge is 0.317 e. The lowest BCUT2D eigenvalue weighted by Gasteiger charge is -2.21. The van der Waals surface area contributed by atoms with Crippen LogP contribution in [0.4, 0.5) is 0 Å². The van der Waals surface area contributed by atoms with E-state index in [1.807, 2.05) is 6.92 Å². The fourth-order valence-corrected chi connectivity index (χ4v) is 3.32. The molecule has 2 rings (SSSR count). The van der Waals surface area contributed by atoms with Crippen molar-refractivity contribution in [2.75, 3.05) is 7.05 Å². The van der Waals surface area contributed by atoms with Gasteiger partial charge in [0.05, 0.1) is 10.8 Å². The fourth-order valence-electron chi connectivity index (χ4n) is 1.74. The van der Waals surface area contributed by atoms with E-state index in [0.717, 1.165) is 4.31 Å². The zero-order chi connectivity index (χ0) is 11.4. The van der Waals surface area contributed by atoms with E-state index in [2.05, 4.69) is 0 Å². The Morgan fingerprint density at radius 1 is 1.47 bits per heavy atom. The Labute approximate surface area is 89.7 Å². The molecule has 15 heavy (non-hydrogen) atoms. The zero-order valence-corrected chi connectivity index (χ0v) is 9.75. The normalized spacial score (nSPS) is 35.0. The average molecular weight is 232 g/mol. The van der Waals surface area contributed by atoms with E-state index < -0.39 is 21.5 Å². The maximum absolute atomic E-state index is 11.8. The molecule has 0 aromatic rings. The summed E-state index contributed by atoms with van der Waals surface area (Å²) in [5.74, 6) is -0.372. The van der Waals surface area contributed by atoms with Crippen LogP contribution in [0.15, 0.2) is 0 Å². The second kappa shape index (κ2) is 2.95. The number of nitrogens with zero attached hydrogens (tertiary/aromatic N) is 1. The Bertz CT molecular complexity index is 402. The molecule has 0 spiro atoms. The Morgan fingerprint density at radius 3 is 2.27 bits per heavy atom. The van der Waals surface area contributed by atoms with Crippen LogP contribution in [0.25, 0.3) is 0 Å². The molecule has 5 nitrogen and oxygen atoms in total. The third-order valence-corrected chi connectivity index (χ3v) is 5.62. The van der Waals surface area contributed by atoms with Crippen molar-refractivity contribution in [3.8, 4) is 0 Å². The van der Waals surface area contributed by atoms with Gasteiger partial charge in [-0.25, -0.2) is 12.7 Å². The van der Waals surface area contributed by atoms with Gasteiger partial charge < -0.3 is 5.73 Å². The molecule has 0 heterocycles. The molecule has 0 radical (unpaired) electrons. The van der Waals surface area contributed by atoms with Crippen molar-refractivity contribution in [2.45, 2.75) is 37.0 Å². The zero-order valence-electron chi connectivity index (χ0n) is 8.93. The molecule has 0 unspecified atom stereocenters. The van der Waals surface area contributed by atoms with Crippen LogP contribution in [0, 0.1) is 5.92 Å². The Hall–Kier alpha value is -0.620. The SMILES string of the molecule is C[C@@H]1C[C@]1(N)C(=O)N(C)S(=O)(=O)C1CC1. The highest BCUT2D eigenvalue weighted by Gasteiger charge is 2.57. The van der Waals surface area contributed by atoms with Gasteiger partial charge in [-0.3, -0.25) is 4.79 Å². The lowest BCUT2D eigenvalue weighted by molar-refractivity contribution is -0.128. The minimum absolute atomic E-state index is 0.0850. The van der Waals surface area contributed by atoms with Gasteiger partial charge in [0.25, 0.3) is 5.91 Å². The van der Waals surface area contributed by atoms with Crippen LogP contribution in [0.2, 0.25) is 0 Å². The van der Waals surface area contributed by atoms with Gasteiger partial charge in [-0.15, -0.1) is 0 Å². The van der Waals surface area contributed by atoms with E-state index in [1.54, 1.807) is 0 Å². The summed E-state index contributed by atoms with van der Waals surface area (Å²) in [5.41, 5.74) is 4.86. The summed E-state index contributed by atoms with van der Waals surface area (Å²) in [5, 5.41) is -0.357.